The summed E-state index contributed by atoms with van der Waals surface area (Å²) < 4.78 is 0. The lowest BCUT2D eigenvalue weighted by Crippen LogP contribution is -2.55. The van der Waals surface area contributed by atoms with Crippen molar-refractivity contribution in [3.63, 3.8) is 0 Å². The van der Waals surface area contributed by atoms with E-state index in [1.807, 2.05) is 6.07 Å². The van der Waals surface area contributed by atoms with Crippen LogP contribution in [0.1, 0.15) is 43.2 Å². The van der Waals surface area contributed by atoms with Gasteiger partial charge in [0.05, 0.1) is 11.6 Å². The second kappa shape index (κ2) is 12.7. The highest BCUT2D eigenvalue weighted by Gasteiger charge is 2.34. The number of piperazine rings is 1. The molecule has 1 aliphatic carbocycles. The number of nitrogens with two attached hydrogens (primary N) is 1. The van der Waals surface area contributed by atoms with Gasteiger partial charge in [-0.1, -0.05) is 73.4 Å². The van der Waals surface area contributed by atoms with Gasteiger partial charge < -0.3 is 16.0 Å². The molecule has 182 valence electrons. The average Bonchev–Trinajstić information content (AvgIpc) is 2.86. The maximum absolute atomic E-state index is 11.5. The zero-order chi connectivity index (χ0) is 24.4. The molecule has 1 heterocycles. The van der Waals surface area contributed by atoms with Crippen molar-refractivity contribution in [1.82, 2.24) is 15.1 Å². The summed E-state index contributed by atoms with van der Waals surface area (Å²) in [6, 6.07) is 19.6. The highest BCUT2D eigenvalue weighted by molar-refractivity contribution is 5.86. The molecule has 0 radical (unpaired) electrons. The molecular weight excluding hydrogens is 422 g/mol. The van der Waals surface area contributed by atoms with Crippen LogP contribution in [0.15, 0.2) is 48.5 Å². The minimum Gasteiger partial charge on any atom is -0.341 e. The minimum atomic E-state index is -0.713. The van der Waals surface area contributed by atoms with E-state index < -0.39 is 5.54 Å². The number of rotatable bonds is 5. The largest absolute Gasteiger partial charge is 0.341 e. The number of nitrogens with zero attached hydrogens (tertiary/aromatic N) is 3. The lowest BCUT2D eigenvalue weighted by Gasteiger charge is -2.32. The maximum Gasteiger partial charge on any atom is 0.240 e. The molecule has 1 amide bonds. The molecule has 0 spiro atoms. The molecule has 2 aliphatic rings. The number of aryl methyl sites for hydroxylation is 1. The molecule has 0 atom stereocenters. The van der Waals surface area contributed by atoms with Crippen molar-refractivity contribution in [3.05, 3.63) is 59.7 Å². The normalized spacial score (nSPS) is 18.3. The second-order valence-corrected chi connectivity index (χ2v) is 9.70. The number of nitriles is 1. The van der Waals surface area contributed by atoms with Crippen molar-refractivity contribution in [2.24, 2.45) is 5.73 Å². The van der Waals surface area contributed by atoms with Crippen LogP contribution < -0.4 is 11.1 Å². The summed E-state index contributed by atoms with van der Waals surface area (Å²) in [5.74, 6) is -0.172. The van der Waals surface area contributed by atoms with E-state index in [4.69, 9.17) is 11.0 Å². The Labute approximate surface area is 204 Å². The zero-order valence-electron chi connectivity index (χ0n) is 20.7. The summed E-state index contributed by atoms with van der Waals surface area (Å²) in [4.78, 5) is 16.4. The van der Waals surface area contributed by atoms with E-state index >= 15 is 0 Å². The predicted molar refractivity (Wildman–Crippen MR) is 138 cm³/mol. The van der Waals surface area contributed by atoms with Gasteiger partial charge in [-0.15, -0.1) is 0 Å². The number of hydrogen-bond acceptors (Lipinski definition) is 5. The van der Waals surface area contributed by atoms with Gasteiger partial charge >= 0.3 is 0 Å². The van der Waals surface area contributed by atoms with Crippen molar-refractivity contribution in [2.75, 3.05) is 39.8 Å². The van der Waals surface area contributed by atoms with Gasteiger partial charge in [-0.2, -0.15) is 5.26 Å². The number of carbonyl (C=O) groups is 1. The third-order valence-electron chi connectivity index (χ3n) is 6.87. The van der Waals surface area contributed by atoms with Gasteiger partial charge in [0, 0.05) is 32.7 Å². The predicted octanol–water partition coefficient (Wildman–Crippen LogP) is 3.70. The summed E-state index contributed by atoms with van der Waals surface area (Å²) in [7, 11) is 2.20. The Morgan fingerprint density at radius 1 is 0.971 bits per heavy atom. The average molecular weight is 462 g/mol. The Morgan fingerprint density at radius 3 is 2.09 bits per heavy atom. The molecule has 34 heavy (non-hydrogen) atoms. The molecule has 0 bridgehead atoms. The van der Waals surface area contributed by atoms with Crippen molar-refractivity contribution in [2.45, 2.75) is 51.1 Å². The Morgan fingerprint density at radius 2 is 1.53 bits per heavy atom. The van der Waals surface area contributed by atoms with Crippen molar-refractivity contribution in [1.29, 1.82) is 5.26 Å². The van der Waals surface area contributed by atoms with Crippen LogP contribution in [-0.2, 0) is 11.3 Å². The summed E-state index contributed by atoms with van der Waals surface area (Å²) in [5, 5.41) is 10.8. The molecule has 4 rings (SSSR count). The standard InChI is InChI=1S/C19H24N2.C9H15N3O/c1-16-3-7-18(8-4-16)19-9-5-17(6-10-19)15-21-13-11-20(2)12-14-21;10-6-7-12-8(13)9(11)4-2-1-3-5-9/h3-10H,11-15H2,1-2H3;1-5,7,11H2,(H,12,13). The molecular formula is C28H39N5O. The second-order valence-electron chi connectivity index (χ2n) is 9.70. The number of amides is 1. The first kappa shape index (κ1) is 25.9. The number of carbonyl (C=O) groups excluding carboxylic acids is 1. The van der Waals surface area contributed by atoms with Gasteiger partial charge in [0.2, 0.25) is 5.91 Å². The Kier molecular flexibility index (Phi) is 9.64. The molecule has 3 N–H and O–H groups in total. The van der Waals surface area contributed by atoms with Crippen LogP contribution in [-0.4, -0.2) is 61.0 Å². The summed E-state index contributed by atoms with van der Waals surface area (Å²) >= 11 is 0. The van der Waals surface area contributed by atoms with E-state index in [0.29, 0.717) is 0 Å². The van der Waals surface area contributed by atoms with Crippen molar-refractivity contribution < 1.29 is 4.79 Å². The molecule has 0 unspecified atom stereocenters. The van der Waals surface area contributed by atoms with Crippen molar-refractivity contribution in [3.8, 4) is 17.2 Å². The number of nitrogens with one attached hydrogen (secondary N) is 1. The van der Waals surface area contributed by atoms with E-state index in [-0.39, 0.29) is 12.5 Å². The van der Waals surface area contributed by atoms with Crippen LogP contribution >= 0.6 is 0 Å². The molecule has 1 saturated heterocycles. The quantitative estimate of drug-likeness (QED) is 0.663. The third kappa shape index (κ3) is 7.66. The maximum atomic E-state index is 11.5. The van der Waals surface area contributed by atoms with Crippen LogP contribution in [0.3, 0.4) is 0 Å². The molecule has 0 aromatic heterocycles. The molecule has 2 aromatic carbocycles. The summed E-state index contributed by atoms with van der Waals surface area (Å²) in [5.41, 5.74) is 10.5. The lowest BCUT2D eigenvalue weighted by molar-refractivity contribution is -0.127. The van der Waals surface area contributed by atoms with Crippen LogP contribution in [0.4, 0.5) is 0 Å². The van der Waals surface area contributed by atoms with Gasteiger partial charge in [-0.25, -0.2) is 0 Å². The topological polar surface area (TPSA) is 85.4 Å². The summed E-state index contributed by atoms with van der Waals surface area (Å²) in [6.07, 6.45) is 4.66. The Balaban J connectivity index is 0.000000215. The summed E-state index contributed by atoms with van der Waals surface area (Å²) in [6.45, 7) is 7.97. The van der Waals surface area contributed by atoms with E-state index in [2.05, 4.69) is 77.6 Å². The fraction of sp³-hybridized carbons (Fsp3) is 0.500. The SMILES string of the molecule is Cc1ccc(-c2ccc(CN3CCN(C)CC3)cc2)cc1.N#CCNC(=O)C1(N)CCCCC1. The molecule has 1 saturated carbocycles. The van der Waals surface area contributed by atoms with E-state index in [1.54, 1.807) is 0 Å². The number of hydrogen-bond donors (Lipinski definition) is 2. The van der Waals surface area contributed by atoms with Crippen LogP contribution in [0, 0.1) is 18.3 Å². The van der Waals surface area contributed by atoms with E-state index in [9.17, 15) is 4.79 Å². The Hall–Kier alpha value is -2.72. The van der Waals surface area contributed by atoms with Gasteiger partial charge in [0.1, 0.15) is 6.54 Å². The van der Waals surface area contributed by atoms with Gasteiger partial charge in [-0.05, 0) is 43.5 Å². The van der Waals surface area contributed by atoms with Crippen LogP contribution in [0.2, 0.25) is 0 Å². The van der Waals surface area contributed by atoms with E-state index in [0.717, 1.165) is 38.6 Å². The number of likely N-dealkylation sites (N-methyl/N-ethyl adjacent to an activating group) is 1. The number of benzene rings is 2. The smallest absolute Gasteiger partial charge is 0.240 e. The van der Waals surface area contributed by atoms with Gasteiger partial charge in [-0.3, -0.25) is 9.69 Å². The highest BCUT2D eigenvalue weighted by atomic mass is 16.2. The molecule has 6 heteroatoms. The first-order chi connectivity index (χ1) is 16.4. The van der Waals surface area contributed by atoms with Gasteiger partial charge in [0.15, 0.2) is 0 Å². The van der Waals surface area contributed by atoms with E-state index in [1.165, 1.54) is 48.4 Å². The van der Waals surface area contributed by atoms with Gasteiger partial charge in [0.25, 0.3) is 0 Å². The lowest BCUT2D eigenvalue weighted by atomic mass is 9.82. The van der Waals surface area contributed by atoms with Crippen LogP contribution in [0.25, 0.3) is 11.1 Å². The first-order valence-corrected chi connectivity index (χ1v) is 12.4. The molecule has 2 aromatic rings. The van der Waals surface area contributed by atoms with Crippen LogP contribution in [0.5, 0.6) is 0 Å². The molecule has 2 fully saturated rings. The zero-order valence-corrected chi connectivity index (χ0v) is 20.7. The fourth-order valence-corrected chi connectivity index (χ4v) is 4.52. The molecule has 6 nitrogen and oxygen atoms in total. The third-order valence-corrected chi connectivity index (χ3v) is 6.87. The molecule has 1 aliphatic heterocycles. The monoisotopic (exact) mass is 461 g/mol. The van der Waals surface area contributed by atoms with Crippen molar-refractivity contribution >= 4 is 5.91 Å². The fourth-order valence-electron chi connectivity index (χ4n) is 4.52. The first-order valence-electron chi connectivity index (χ1n) is 12.4. The highest BCUT2D eigenvalue weighted by Crippen LogP contribution is 2.25. The minimum absolute atomic E-state index is 0.0534. The Bertz CT molecular complexity index is 934.